The lowest BCUT2D eigenvalue weighted by Gasteiger charge is -2.41. The molecule has 1 aliphatic rings. The van der Waals surface area contributed by atoms with Gasteiger partial charge in [-0.15, -0.1) is 0 Å². The summed E-state index contributed by atoms with van der Waals surface area (Å²) in [5.41, 5.74) is 3.55. The average molecular weight is 483 g/mol. The van der Waals surface area contributed by atoms with E-state index in [1.807, 2.05) is 89.8 Å². The molecule has 1 unspecified atom stereocenters. The lowest BCUT2D eigenvalue weighted by Crippen LogP contribution is -2.43. The largest absolute Gasteiger partial charge is 0.462 e. The molecule has 1 heterocycles. The summed E-state index contributed by atoms with van der Waals surface area (Å²) in [6, 6.07) is 27.8. The maximum atomic E-state index is 12.9. The van der Waals surface area contributed by atoms with Crippen LogP contribution < -0.4 is 4.90 Å². The second-order valence-electron chi connectivity index (χ2n) is 8.58. The van der Waals surface area contributed by atoms with Crippen molar-refractivity contribution in [1.82, 2.24) is 0 Å². The molecular formula is C30H30N2O4. The Hall–Kier alpha value is -4.19. The van der Waals surface area contributed by atoms with Gasteiger partial charge < -0.3 is 14.4 Å². The van der Waals surface area contributed by atoms with Crippen LogP contribution in [0, 0.1) is 0 Å². The van der Waals surface area contributed by atoms with Crippen molar-refractivity contribution in [1.29, 1.82) is 0 Å². The Labute approximate surface area is 211 Å². The van der Waals surface area contributed by atoms with Crippen LogP contribution in [0.4, 0.5) is 11.4 Å². The van der Waals surface area contributed by atoms with Gasteiger partial charge in [-0.05, 0) is 44.0 Å². The van der Waals surface area contributed by atoms with Gasteiger partial charge in [0.15, 0.2) is 5.57 Å². The number of ether oxygens (including phenoxy) is 2. The average Bonchev–Trinajstić information content (AvgIpc) is 3.03. The SMILES string of the molecule is CCOC(=O)C(=CN1c2ccccc2N=C(c2ccccc2)CC1(C)c1ccccc1)C(=O)OCC. The van der Waals surface area contributed by atoms with Gasteiger partial charge in [-0.25, -0.2) is 9.59 Å². The second-order valence-corrected chi connectivity index (χ2v) is 8.58. The quantitative estimate of drug-likeness (QED) is 0.180. The van der Waals surface area contributed by atoms with E-state index in [1.165, 1.54) is 0 Å². The van der Waals surface area contributed by atoms with Gasteiger partial charge in [0.25, 0.3) is 0 Å². The highest BCUT2D eigenvalue weighted by Crippen LogP contribution is 2.44. The number of rotatable bonds is 7. The van der Waals surface area contributed by atoms with Crippen molar-refractivity contribution in [3.8, 4) is 0 Å². The van der Waals surface area contributed by atoms with Crippen LogP contribution in [0.3, 0.4) is 0 Å². The maximum Gasteiger partial charge on any atom is 0.347 e. The van der Waals surface area contributed by atoms with Gasteiger partial charge >= 0.3 is 11.9 Å². The van der Waals surface area contributed by atoms with Crippen molar-refractivity contribution in [2.24, 2.45) is 4.99 Å². The molecule has 3 aromatic rings. The normalized spacial score (nSPS) is 16.8. The number of aliphatic imine (C=N–C) groups is 1. The zero-order chi connectivity index (χ0) is 25.5. The maximum absolute atomic E-state index is 12.9. The summed E-state index contributed by atoms with van der Waals surface area (Å²) in [5.74, 6) is -1.45. The summed E-state index contributed by atoms with van der Waals surface area (Å²) in [6.45, 7) is 5.78. The third kappa shape index (κ3) is 5.08. The van der Waals surface area contributed by atoms with Crippen molar-refractivity contribution < 1.29 is 19.1 Å². The molecule has 1 aliphatic heterocycles. The number of nitrogens with zero attached hydrogens (tertiary/aromatic N) is 2. The van der Waals surface area contributed by atoms with Crippen molar-refractivity contribution in [2.75, 3.05) is 18.1 Å². The summed E-state index contributed by atoms with van der Waals surface area (Å²) in [4.78, 5) is 32.9. The van der Waals surface area contributed by atoms with Crippen LogP contribution in [0.2, 0.25) is 0 Å². The third-order valence-corrected chi connectivity index (χ3v) is 6.19. The predicted molar refractivity (Wildman–Crippen MR) is 141 cm³/mol. The van der Waals surface area contributed by atoms with Gasteiger partial charge in [-0.1, -0.05) is 72.8 Å². The fraction of sp³-hybridized carbons (Fsp3) is 0.233. The molecule has 0 aromatic heterocycles. The van der Waals surface area contributed by atoms with E-state index in [0.717, 1.165) is 28.2 Å². The van der Waals surface area contributed by atoms with Crippen LogP contribution in [0.1, 0.15) is 38.3 Å². The van der Waals surface area contributed by atoms with E-state index in [-0.39, 0.29) is 18.8 Å². The second kappa shape index (κ2) is 11.0. The van der Waals surface area contributed by atoms with Crippen LogP contribution in [0.15, 0.2) is 102 Å². The van der Waals surface area contributed by atoms with Crippen LogP contribution in [-0.2, 0) is 24.6 Å². The van der Waals surface area contributed by atoms with Crippen molar-refractivity contribution in [3.05, 3.63) is 108 Å². The van der Waals surface area contributed by atoms with Gasteiger partial charge in [0.1, 0.15) is 0 Å². The molecule has 0 bridgehead atoms. The third-order valence-electron chi connectivity index (χ3n) is 6.19. The molecule has 1 atom stereocenters. The van der Waals surface area contributed by atoms with Crippen LogP contribution >= 0.6 is 0 Å². The molecule has 0 spiro atoms. The zero-order valence-electron chi connectivity index (χ0n) is 20.8. The highest BCUT2D eigenvalue weighted by molar-refractivity contribution is 6.14. The minimum Gasteiger partial charge on any atom is -0.462 e. The molecule has 6 heteroatoms. The topological polar surface area (TPSA) is 68.2 Å². The minimum atomic E-state index is -0.725. The molecule has 0 aliphatic carbocycles. The standard InChI is InChI=1S/C30H30N2O4/c1-4-35-28(33)24(29(34)36-5-2)21-32-27-19-13-12-18-25(27)31-26(22-14-8-6-9-15-22)20-30(32,3)23-16-10-7-11-17-23/h6-19,21H,4-5,20H2,1-3H3. The lowest BCUT2D eigenvalue weighted by atomic mass is 9.83. The molecular weight excluding hydrogens is 452 g/mol. The Kier molecular flexibility index (Phi) is 7.64. The molecule has 184 valence electrons. The van der Waals surface area contributed by atoms with E-state index in [0.29, 0.717) is 6.42 Å². The fourth-order valence-electron chi connectivity index (χ4n) is 4.41. The Bertz CT molecular complexity index is 1260. The van der Waals surface area contributed by atoms with Crippen LogP contribution in [0.5, 0.6) is 0 Å². The van der Waals surface area contributed by atoms with Crippen LogP contribution in [-0.4, -0.2) is 30.9 Å². The summed E-state index contributed by atoms with van der Waals surface area (Å²) >= 11 is 0. The predicted octanol–water partition coefficient (Wildman–Crippen LogP) is 5.94. The number of benzene rings is 3. The molecule has 36 heavy (non-hydrogen) atoms. The molecule has 0 saturated carbocycles. The Morgan fingerprint density at radius 1 is 0.861 bits per heavy atom. The number of carbonyl (C=O) groups is 2. The molecule has 6 nitrogen and oxygen atoms in total. The van der Waals surface area contributed by atoms with E-state index in [4.69, 9.17) is 14.5 Å². The van der Waals surface area contributed by atoms with E-state index in [2.05, 4.69) is 6.92 Å². The van der Waals surface area contributed by atoms with E-state index < -0.39 is 17.5 Å². The summed E-state index contributed by atoms with van der Waals surface area (Å²) in [6.07, 6.45) is 2.08. The molecule has 0 fully saturated rings. The summed E-state index contributed by atoms with van der Waals surface area (Å²) < 4.78 is 10.5. The number of fused-ring (bicyclic) bond motifs is 1. The monoisotopic (exact) mass is 482 g/mol. The molecule has 0 amide bonds. The van der Waals surface area contributed by atoms with E-state index in [1.54, 1.807) is 20.0 Å². The smallest absolute Gasteiger partial charge is 0.347 e. The van der Waals surface area contributed by atoms with Crippen LogP contribution in [0.25, 0.3) is 0 Å². The summed E-state index contributed by atoms with van der Waals surface area (Å²) in [7, 11) is 0. The minimum absolute atomic E-state index is 0.142. The first-order chi connectivity index (χ1) is 17.5. The number of para-hydroxylation sites is 2. The van der Waals surface area contributed by atoms with Crippen molar-refractivity contribution >= 4 is 29.0 Å². The number of hydrogen-bond donors (Lipinski definition) is 0. The number of anilines is 1. The van der Waals surface area contributed by atoms with Crippen molar-refractivity contribution in [2.45, 2.75) is 32.7 Å². The van der Waals surface area contributed by atoms with Gasteiger partial charge in [0.2, 0.25) is 0 Å². The molecule has 3 aromatic carbocycles. The molecule has 0 saturated heterocycles. The summed E-state index contributed by atoms with van der Waals surface area (Å²) in [5, 5.41) is 0. The number of hydrogen-bond acceptors (Lipinski definition) is 6. The molecule has 0 N–H and O–H groups in total. The fourth-order valence-corrected chi connectivity index (χ4v) is 4.41. The van der Waals surface area contributed by atoms with Gasteiger partial charge in [0.05, 0.1) is 35.8 Å². The number of carbonyl (C=O) groups excluding carboxylic acids is 2. The van der Waals surface area contributed by atoms with Gasteiger partial charge in [0, 0.05) is 12.6 Å². The Morgan fingerprint density at radius 2 is 1.42 bits per heavy atom. The first kappa shape index (κ1) is 24.9. The highest BCUT2D eigenvalue weighted by Gasteiger charge is 2.39. The zero-order valence-corrected chi connectivity index (χ0v) is 20.8. The molecule has 0 radical (unpaired) electrons. The van der Waals surface area contributed by atoms with Gasteiger partial charge in [-0.2, -0.15) is 0 Å². The Morgan fingerprint density at radius 3 is 2.03 bits per heavy atom. The van der Waals surface area contributed by atoms with Gasteiger partial charge in [-0.3, -0.25) is 4.99 Å². The first-order valence-corrected chi connectivity index (χ1v) is 12.1. The van der Waals surface area contributed by atoms with E-state index in [9.17, 15) is 9.59 Å². The highest BCUT2D eigenvalue weighted by atomic mass is 16.6. The van der Waals surface area contributed by atoms with Crippen molar-refractivity contribution in [3.63, 3.8) is 0 Å². The van der Waals surface area contributed by atoms with E-state index >= 15 is 0 Å². The number of esters is 2. The Balaban J connectivity index is 1.98. The first-order valence-electron chi connectivity index (χ1n) is 12.1. The lowest BCUT2D eigenvalue weighted by molar-refractivity contribution is -0.146. The molecule has 4 rings (SSSR count).